The quantitative estimate of drug-likeness (QED) is 0.833. The van der Waals surface area contributed by atoms with E-state index in [1.807, 2.05) is 18.2 Å². The normalized spacial score (nSPS) is 10.3. The van der Waals surface area contributed by atoms with Crippen LogP contribution in [-0.2, 0) is 6.61 Å². The highest BCUT2D eigenvalue weighted by molar-refractivity contribution is 6.42. The van der Waals surface area contributed by atoms with E-state index in [1.165, 1.54) is 0 Å². The van der Waals surface area contributed by atoms with Crippen molar-refractivity contribution < 1.29 is 4.74 Å². The van der Waals surface area contributed by atoms with Crippen LogP contribution in [0, 0.1) is 0 Å². The molecule has 0 bridgehead atoms. The molecule has 1 N–H and O–H groups in total. The number of halogens is 2. The van der Waals surface area contributed by atoms with Gasteiger partial charge in [0.1, 0.15) is 23.2 Å². The molecule has 0 aliphatic carbocycles. The SMILES string of the molecule is CCCNc1ncccc1COc1cccc(Cl)c1Cl. The van der Waals surface area contributed by atoms with Crippen LogP contribution >= 0.6 is 23.2 Å². The molecule has 2 aromatic rings. The van der Waals surface area contributed by atoms with Crippen molar-refractivity contribution in [2.45, 2.75) is 20.0 Å². The largest absolute Gasteiger partial charge is 0.487 e. The molecule has 0 aliphatic heterocycles. The number of aromatic nitrogens is 1. The summed E-state index contributed by atoms with van der Waals surface area (Å²) in [4.78, 5) is 4.32. The number of rotatable bonds is 6. The zero-order valence-electron chi connectivity index (χ0n) is 11.2. The van der Waals surface area contributed by atoms with Crippen molar-refractivity contribution in [3.63, 3.8) is 0 Å². The maximum absolute atomic E-state index is 6.09. The molecule has 1 aromatic carbocycles. The van der Waals surface area contributed by atoms with Gasteiger partial charge in [-0.05, 0) is 24.6 Å². The lowest BCUT2D eigenvalue weighted by Crippen LogP contribution is -2.07. The van der Waals surface area contributed by atoms with Gasteiger partial charge in [0.25, 0.3) is 0 Å². The summed E-state index contributed by atoms with van der Waals surface area (Å²) >= 11 is 12.1. The Morgan fingerprint density at radius 1 is 1.20 bits per heavy atom. The summed E-state index contributed by atoms with van der Waals surface area (Å²) in [6, 6.07) is 9.20. The summed E-state index contributed by atoms with van der Waals surface area (Å²) < 4.78 is 5.73. The Kier molecular flexibility index (Phi) is 5.50. The summed E-state index contributed by atoms with van der Waals surface area (Å²) in [5, 5.41) is 4.19. The van der Waals surface area contributed by atoms with Crippen molar-refractivity contribution in [3.8, 4) is 5.75 Å². The van der Waals surface area contributed by atoms with Crippen molar-refractivity contribution in [1.82, 2.24) is 4.98 Å². The second-order valence-corrected chi connectivity index (χ2v) is 5.06. The summed E-state index contributed by atoms with van der Waals surface area (Å²) in [6.45, 7) is 3.37. The van der Waals surface area contributed by atoms with Gasteiger partial charge >= 0.3 is 0 Å². The van der Waals surface area contributed by atoms with E-state index in [4.69, 9.17) is 27.9 Å². The van der Waals surface area contributed by atoms with E-state index in [2.05, 4.69) is 17.2 Å². The zero-order valence-corrected chi connectivity index (χ0v) is 12.7. The van der Waals surface area contributed by atoms with Crippen LogP contribution in [0.15, 0.2) is 36.5 Å². The fourth-order valence-corrected chi connectivity index (χ4v) is 2.06. The predicted molar refractivity (Wildman–Crippen MR) is 83.8 cm³/mol. The van der Waals surface area contributed by atoms with Crippen molar-refractivity contribution in [1.29, 1.82) is 0 Å². The van der Waals surface area contributed by atoms with Gasteiger partial charge in [0.05, 0.1) is 5.02 Å². The molecule has 0 aliphatic rings. The van der Waals surface area contributed by atoms with Gasteiger partial charge in [0, 0.05) is 18.3 Å². The lowest BCUT2D eigenvalue weighted by molar-refractivity contribution is 0.306. The molecule has 106 valence electrons. The van der Waals surface area contributed by atoms with E-state index in [9.17, 15) is 0 Å². The standard InChI is InChI=1S/C15H16Cl2N2O/c1-2-8-18-15-11(5-4-9-19-15)10-20-13-7-3-6-12(16)14(13)17/h3-7,9H,2,8,10H2,1H3,(H,18,19). The van der Waals surface area contributed by atoms with Crippen LogP contribution in [0.2, 0.25) is 10.0 Å². The highest BCUT2D eigenvalue weighted by Crippen LogP contribution is 2.32. The first-order chi connectivity index (χ1) is 9.72. The summed E-state index contributed by atoms with van der Waals surface area (Å²) in [7, 11) is 0. The van der Waals surface area contributed by atoms with E-state index in [0.29, 0.717) is 22.4 Å². The van der Waals surface area contributed by atoms with Gasteiger partial charge in [-0.2, -0.15) is 0 Å². The van der Waals surface area contributed by atoms with Crippen LogP contribution in [0.25, 0.3) is 0 Å². The maximum atomic E-state index is 6.09. The molecule has 0 radical (unpaired) electrons. The Labute approximate surface area is 128 Å². The molecule has 0 unspecified atom stereocenters. The Bertz CT molecular complexity index is 576. The van der Waals surface area contributed by atoms with E-state index < -0.39 is 0 Å². The van der Waals surface area contributed by atoms with Crippen molar-refractivity contribution in [2.75, 3.05) is 11.9 Å². The molecule has 1 heterocycles. The first-order valence-corrected chi connectivity index (χ1v) is 7.22. The molecule has 0 saturated heterocycles. The molecule has 3 nitrogen and oxygen atoms in total. The molecule has 0 spiro atoms. The van der Waals surface area contributed by atoms with Crippen LogP contribution in [0.4, 0.5) is 5.82 Å². The molecule has 20 heavy (non-hydrogen) atoms. The van der Waals surface area contributed by atoms with Crippen LogP contribution in [0.1, 0.15) is 18.9 Å². The second kappa shape index (κ2) is 7.36. The van der Waals surface area contributed by atoms with Crippen LogP contribution in [0.3, 0.4) is 0 Å². The average molecular weight is 311 g/mol. The lowest BCUT2D eigenvalue weighted by Gasteiger charge is -2.12. The number of pyridine rings is 1. The highest BCUT2D eigenvalue weighted by Gasteiger charge is 2.08. The fraction of sp³-hybridized carbons (Fsp3) is 0.267. The topological polar surface area (TPSA) is 34.2 Å². The highest BCUT2D eigenvalue weighted by atomic mass is 35.5. The first kappa shape index (κ1) is 14.9. The third-order valence-corrected chi connectivity index (χ3v) is 3.53. The number of ether oxygens (including phenoxy) is 1. The summed E-state index contributed by atoms with van der Waals surface area (Å²) in [5.41, 5.74) is 0.983. The van der Waals surface area contributed by atoms with Gasteiger partial charge in [0.15, 0.2) is 0 Å². The molecule has 0 atom stereocenters. The summed E-state index contributed by atoms with van der Waals surface area (Å²) in [6.07, 6.45) is 2.80. The Morgan fingerprint density at radius 2 is 2.05 bits per heavy atom. The number of hydrogen-bond donors (Lipinski definition) is 1. The van der Waals surface area contributed by atoms with E-state index >= 15 is 0 Å². The number of nitrogens with one attached hydrogen (secondary N) is 1. The Hall–Kier alpha value is -1.45. The van der Waals surface area contributed by atoms with Gasteiger partial charge in [-0.3, -0.25) is 0 Å². The molecule has 1 aromatic heterocycles. The number of nitrogens with zero attached hydrogens (tertiary/aromatic N) is 1. The third-order valence-electron chi connectivity index (χ3n) is 2.73. The van der Waals surface area contributed by atoms with Gasteiger partial charge < -0.3 is 10.1 Å². The monoisotopic (exact) mass is 310 g/mol. The Balaban J connectivity index is 2.09. The van der Waals surface area contributed by atoms with E-state index in [0.717, 1.165) is 24.3 Å². The van der Waals surface area contributed by atoms with Crippen LogP contribution in [0.5, 0.6) is 5.75 Å². The van der Waals surface area contributed by atoms with Gasteiger partial charge in [-0.15, -0.1) is 0 Å². The summed E-state index contributed by atoms with van der Waals surface area (Å²) in [5.74, 6) is 1.41. The fourth-order valence-electron chi connectivity index (χ4n) is 1.71. The smallest absolute Gasteiger partial charge is 0.139 e. The molecule has 0 saturated carbocycles. The van der Waals surface area contributed by atoms with Gasteiger partial charge in [0.2, 0.25) is 0 Å². The first-order valence-electron chi connectivity index (χ1n) is 6.47. The molecule has 0 fully saturated rings. The van der Waals surface area contributed by atoms with E-state index in [1.54, 1.807) is 18.3 Å². The predicted octanol–water partition coefficient (Wildman–Crippen LogP) is 4.79. The van der Waals surface area contributed by atoms with Crippen molar-refractivity contribution in [3.05, 3.63) is 52.1 Å². The zero-order chi connectivity index (χ0) is 14.4. The van der Waals surface area contributed by atoms with Gasteiger partial charge in [-0.25, -0.2) is 4.98 Å². The van der Waals surface area contributed by atoms with E-state index in [-0.39, 0.29) is 0 Å². The molecule has 5 heteroatoms. The minimum atomic E-state index is 0.389. The second-order valence-electron chi connectivity index (χ2n) is 4.28. The van der Waals surface area contributed by atoms with Crippen LogP contribution in [-0.4, -0.2) is 11.5 Å². The van der Waals surface area contributed by atoms with Crippen molar-refractivity contribution >= 4 is 29.0 Å². The minimum Gasteiger partial charge on any atom is -0.487 e. The third kappa shape index (κ3) is 3.78. The van der Waals surface area contributed by atoms with Crippen LogP contribution < -0.4 is 10.1 Å². The van der Waals surface area contributed by atoms with Gasteiger partial charge in [-0.1, -0.05) is 42.3 Å². The maximum Gasteiger partial charge on any atom is 0.139 e. The molecular weight excluding hydrogens is 295 g/mol. The van der Waals surface area contributed by atoms with Crippen molar-refractivity contribution in [2.24, 2.45) is 0 Å². The molecule has 2 rings (SSSR count). The Morgan fingerprint density at radius 3 is 2.85 bits per heavy atom. The minimum absolute atomic E-state index is 0.389. The number of anilines is 1. The number of benzene rings is 1. The lowest BCUT2D eigenvalue weighted by atomic mass is 10.2. The molecule has 0 amide bonds. The average Bonchev–Trinajstić information content (AvgIpc) is 2.47. The molecular formula is C15H16Cl2N2O. The number of hydrogen-bond acceptors (Lipinski definition) is 3.